The third kappa shape index (κ3) is 3.67. The third-order valence-corrected chi connectivity index (χ3v) is 4.68. The molecule has 0 radical (unpaired) electrons. The molecule has 1 aliphatic heterocycles. The van der Waals surface area contributed by atoms with Crippen molar-refractivity contribution in [3.63, 3.8) is 0 Å². The smallest absolute Gasteiger partial charge is 0.257 e. The number of carbonyl (C=O) groups excluding carboxylic acids is 3. The van der Waals surface area contributed by atoms with Crippen molar-refractivity contribution in [1.29, 1.82) is 0 Å². The van der Waals surface area contributed by atoms with Crippen molar-refractivity contribution in [3.05, 3.63) is 77.9 Å². The highest BCUT2D eigenvalue weighted by Crippen LogP contribution is 2.27. The lowest BCUT2D eigenvalue weighted by Crippen LogP contribution is -2.45. The SMILES string of the molecule is C=CCN(C(=O)c1ccc(C)cc1)C1CC(=O)N(c2ccc(C)cc2)C1=O. The summed E-state index contributed by atoms with van der Waals surface area (Å²) in [4.78, 5) is 41.1. The molecule has 5 nitrogen and oxygen atoms in total. The Balaban J connectivity index is 1.89. The summed E-state index contributed by atoms with van der Waals surface area (Å²) in [5, 5.41) is 0. The zero-order valence-corrected chi connectivity index (χ0v) is 15.5. The van der Waals surface area contributed by atoms with Crippen LogP contribution in [0.3, 0.4) is 0 Å². The van der Waals surface area contributed by atoms with E-state index in [2.05, 4.69) is 6.58 Å². The average molecular weight is 362 g/mol. The molecule has 1 unspecified atom stereocenters. The maximum absolute atomic E-state index is 13.0. The minimum absolute atomic E-state index is 0.0296. The molecule has 0 bridgehead atoms. The van der Waals surface area contributed by atoms with E-state index in [-0.39, 0.29) is 30.7 Å². The first-order valence-electron chi connectivity index (χ1n) is 8.84. The van der Waals surface area contributed by atoms with E-state index < -0.39 is 6.04 Å². The summed E-state index contributed by atoms with van der Waals surface area (Å²) in [6.45, 7) is 7.76. The summed E-state index contributed by atoms with van der Waals surface area (Å²) < 4.78 is 0. The van der Waals surface area contributed by atoms with Gasteiger partial charge < -0.3 is 4.90 Å². The van der Waals surface area contributed by atoms with E-state index in [4.69, 9.17) is 0 Å². The third-order valence-electron chi connectivity index (χ3n) is 4.68. The Morgan fingerprint density at radius 3 is 2.19 bits per heavy atom. The van der Waals surface area contributed by atoms with Crippen LogP contribution in [0.1, 0.15) is 27.9 Å². The van der Waals surface area contributed by atoms with Crippen LogP contribution in [0.5, 0.6) is 0 Å². The molecule has 1 fully saturated rings. The number of aryl methyl sites for hydroxylation is 2. The number of hydrogen-bond donors (Lipinski definition) is 0. The largest absolute Gasteiger partial charge is 0.322 e. The standard InChI is InChI=1S/C22H22N2O3/c1-4-13-23(21(26)17-9-5-15(2)6-10-17)19-14-20(25)24(22(19)27)18-11-7-16(3)8-12-18/h4-12,19H,1,13-14H2,2-3H3. The molecule has 1 saturated heterocycles. The van der Waals surface area contributed by atoms with E-state index in [1.807, 2.05) is 38.1 Å². The zero-order chi connectivity index (χ0) is 19.6. The van der Waals surface area contributed by atoms with E-state index in [9.17, 15) is 14.4 Å². The van der Waals surface area contributed by atoms with Gasteiger partial charge in [0.1, 0.15) is 6.04 Å². The van der Waals surface area contributed by atoms with Crippen molar-refractivity contribution in [2.24, 2.45) is 0 Å². The molecular formula is C22H22N2O3. The lowest BCUT2D eigenvalue weighted by Gasteiger charge is -2.26. The lowest BCUT2D eigenvalue weighted by molar-refractivity contribution is -0.122. The summed E-state index contributed by atoms with van der Waals surface area (Å²) >= 11 is 0. The molecule has 2 aromatic carbocycles. The van der Waals surface area contributed by atoms with Gasteiger partial charge >= 0.3 is 0 Å². The first-order valence-corrected chi connectivity index (χ1v) is 8.84. The van der Waals surface area contributed by atoms with Crippen LogP contribution in [0.25, 0.3) is 0 Å². The Morgan fingerprint density at radius 2 is 1.63 bits per heavy atom. The van der Waals surface area contributed by atoms with E-state index in [0.717, 1.165) is 11.1 Å². The number of rotatable bonds is 5. The van der Waals surface area contributed by atoms with Crippen LogP contribution in [-0.2, 0) is 9.59 Å². The molecule has 0 aliphatic carbocycles. The molecule has 0 aromatic heterocycles. The Kier molecular flexibility index (Phi) is 5.21. The van der Waals surface area contributed by atoms with Crippen LogP contribution in [0.15, 0.2) is 61.2 Å². The molecule has 3 amide bonds. The summed E-state index contributed by atoms with van der Waals surface area (Å²) in [5.41, 5.74) is 3.09. The second-order valence-corrected chi connectivity index (χ2v) is 6.74. The van der Waals surface area contributed by atoms with Gasteiger partial charge in [0.05, 0.1) is 12.1 Å². The van der Waals surface area contributed by atoms with E-state index in [0.29, 0.717) is 11.3 Å². The summed E-state index contributed by atoms with van der Waals surface area (Å²) in [6, 6.07) is 13.5. The molecule has 0 N–H and O–H groups in total. The molecule has 1 atom stereocenters. The predicted octanol–water partition coefficient (Wildman–Crippen LogP) is 3.26. The second-order valence-electron chi connectivity index (χ2n) is 6.74. The van der Waals surface area contributed by atoms with Gasteiger partial charge in [-0.3, -0.25) is 14.4 Å². The molecule has 0 spiro atoms. The summed E-state index contributed by atoms with van der Waals surface area (Å²) in [5.74, 6) is -0.974. The fraction of sp³-hybridized carbons (Fsp3) is 0.227. The van der Waals surface area contributed by atoms with Gasteiger partial charge in [-0.25, -0.2) is 4.90 Å². The highest BCUT2D eigenvalue weighted by Gasteiger charge is 2.44. The van der Waals surface area contributed by atoms with Crippen LogP contribution in [0.4, 0.5) is 5.69 Å². The van der Waals surface area contributed by atoms with Crippen LogP contribution < -0.4 is 4.90 Å². The highest BCUT2D eigenvalue weighted by molar-refractivity contribution is 6.23. The fourth-order valence-electron chi connectivity index (χ4n) is 3.18. The number of carbonyl (C=O) groups is 3. The van der Waals surface area contributed by atoms with Gasteiger partial charge in [-0.15, -0.1) is 6.58 Å². The molecule has 0 saturated carbocycles. The predicted molar refractivity (Wildman–Crippen MR) is 104 cm³/mol. The number of amides is 3. The Hall–Kier alpha value is -3.21. The van der Waals surface area contributed by atoms with Crippen molar-refractivity contribution < 1.29 is 14.4 Å². The first kappa shape index (κ1) is 18.6. The first-order chi connectivity index (χ1) is 12.9. The normalized spacial score (nSPS) is 16.5. The Labute approximate surface area is 158 Å². The highest BCUT2D eigenvalue weighted by atomic mass is 16.2. The number of nitrogens with zero attached hydrogens (tertiary/aromatic N) is 2. The van der Waals surface area contributed by atoms with Gasteiger partial charge in [0, 0.05) is 12.1 Å². The number of hydrogen-bond acceptors (Lipinski definition) is 3. The minimum atomic E-state index is -0.828. The monoisotopic (exact) mass is 362 g/mol. The van der Waals surface area contributed by atoms with Gasteiger partial charge in [0.2, 0.25) is 5.91 Å². The van der Waals surface area contributed by atoms with Crippen LogP contribution in [-0.4, -0.2) is 35.2 Å². The van der Waals surface area contributed by atoms with Gasteiger partial charge in [-0.1, -0.05) is 41.5 Å². The van der Waals surface area contributed by atoms with E-state index in [1.54, 1.807) is 30.3 Å². The van der Waals surface area contributed by atoms with Crippen molar-refractivity contribution >= 4 is 23.4 Å². The quantitative estimate of drug-likeness (QED) is 0.606. The Bertz CT molecular complexity index is 885. The van der Waals surface area contributed by atoms with Crippen LogP contribution >= 0.6 is 0 Å². The molecule has 1 aliphatic rings. The van der Waals surface area contributed by atoms with Crippen molar-refractivity contribution in [3.8, 4) is 0 Å². The number of benzene rings is 2. The van der Waals surface area contributed by atoms with Crippen LogP contribution in [0, 0.1) is 13.8 Å². The van der Waals surface area contributed by atoms with E-state index in [1.165, 1.54) is 9.80 Å². The van der Waals surface area contributed by atoms with Crippen molar-refractivity contribution in [2.45, 2.75) is 26.3 Å². The van der Waals surface area contributed by atoms with Crippen LogP contribution in [0.2, 0.25) is 0 Å². The Morgan fingerprint density at radius 1 is 1.07 bits per heavy atom. The number of imide groups is 1. The minimum Gasteiger partial charge on any atom is -0.322 e. The van der Waals surface area contributed by atoms with E-state index >= 15 is 0 Å². The van der Waals surface area contributed by atoms with Gasteiger partial charge in [0.25, 0.3) is 11.8 Å². The molecule has 3 rings (SSSR count). The van der Waals surface area contributed by atoms with Crippen molar-refractivity contribution in [1.82, 2.24) is 4.90 Å². The maximum Gasteiger partial charge on any atom is 0.257 e. The molecule has 138 valence electrons. The molecule has 1 heterocycles. The fourth-order valence-corrected chi connectivity index (χ4v) is 3.18. The second kappa shape index (κ2) is 7.58. The van der Waals surface area contributed by atoms with Gasteiger partial charge in [0.15, 0.2) is 0 Å². The molecule has 27 heavy (non-hydrogen) atoms. The topological polar surface area (TPSA) is 57.7 Å². The van der Waals surface area contributed by atoms with Gasteiger partial charge in [-0.05, 0) is 38.1 Å². The average Bonchev–Trinajstić information content (AvgIpc) is 2.95. The lowest BCUT2D eigenvalue weighted by atomic mass is 10.1. The zero-order valence-electron chi connectivity index (χ0n) is 15.5. The van der Waals surface area contributed by atoms with Crippen molar-refractivity contribution in [2.75, 3.05) is 11.4 Å². The maximum atomic E-state index is 13.0. The molecule has 5 heteroatoms. The van der Waals surface area contributed by atoms with Gasteiger partial charge in [-0.2, -0.15) is 0 Å². The summed E-state index contributed by atoms with van der Waals surface area (Å²) in [6.07, 6.45) is 1.54. The number of anilines is 1. The summed E-state index contributed by atoms with van der Waals surface area (Å²) in [7, 11) is 0. The molecular weight excluding hydrogens is 340 g/mol. The molecule has 2 aromatic rings.